The third-order valence-electron chi connectivity index (χ3n) is 4.87. The highest BCUT2D eigenvalue weighted by molar-refractivity contribution is 7.12. The summed E-state index contributed by atoms with van der Waals surface area (Å²) in [7, 11) is 0. The molecular formula is C22H22ClN3O2S. The molecule has 2 aromatic heterocycles. The number of halogens is 1. The summed E-state index contributed by atoms with van der Waals surface area (Å²) in [4.78, 5) is 22.2. The fourth-order valence-electron chi connectivity index (χ4n) is 3.27. The van der Waals surface area contributed by atoms with Gasteiger partial charge in [0.2, 0.25) is 0 Å². The molecule has 150 valence electrons. The van der Waals surface area contributed by atoms with Crippen molar-refractivity contribution in [3.63, 3.8) is 0 Å². The van der Waals surface area contributed by atoms with Gasteiger partial charge in [-0.05, 0) is 35.7 Å². The molecule has 1 saturated heterocycles. The van der Waals surface area contributed by atoms with Crippen molar-refractivity contribution < 1.29 is 9.53 Å². The summed E-state index contributed by atoms with van der Waals surface area (Å²) in [5.74, 6) is 0.744. The molecular weight excluding hydrogens is 406 g/mol. The minimum absolute atomic E-state index is 0.0940. The maximum atomic E-state index is 12.8. The van der Waals surface area contributed by atoms with E-state index in [0.717, 1.165) is 48.9 Å². The molecule has 1 aliphatic rings. The Labute approximate surface area is 179 Å². The Hall–Kier alpha value is -2.41. The molecule has 0 unspecified atom stereocenters. The largest absolute Gasteiger partial charge is 0.487 e. The van der Waals surface area contributed by atoms with E-state index in [1.54, 1.807) is 6.07 Å². The first-order valence-electron chi connectivity index (χ1n) is 9.55. The predicted molar refractivity (Wildman–Crippen MR) is 116 cm³/mol. The van der Waals surface area contributed by atoms with E-state index in [0.29, 0.717) is 17.4 Å². The zero-order valence-electron chi connectivity index (χ0n) is 16.0. The smallest absolute Gasteiger partial charge is 0.264 e. The minimum Gasteiger partial charge on any atom is -0.487 e. The minimum atomic E-state index is 0.0940. The van der Waals surface area contributed by atoms with Crippen LogP contribution in [0.15, 0.2) is 60.1 Å². The average Bonchev–Trinajstić information content (AvgIpc) is 3.23. The molecule has 3 aromatic rings. The lowest BCUT2D eigenvalue weighted by Crippen LogP contribution is -2.48. The third kappa shape index (κ3) is 5.15. The summed E-state index contributed by atoms with van der Waals surface area (Å²) in [5.41, 5.74) is 2.04. The molecule has 5 nitrogen and oxygen atoms in total. The van der Waals surface area contributed by atoms with Crippen LogP contribution in [-0.4, -0.2) is 46.9 Å². The molecule has 0 atom stereocenters. The monoisotopic (exact) mass is 427 g/mol. The first kappa shape index (κ1) is 19.9. The Morgan fingerprint density at radius 3 is 2.66 bits per heavy atom. The van der Waals surface area contributed by atoms with E-state index < -0.39 is 0 Å². The topological polar surface area (TPSA) is 45.7 Å². The third-order valence-corrected chi connectivity index (χ3v) is 6.15. The van der Waals surface area contributed by atoms with Gasteiger partial charge in [0.25, 0.3) is 5.91 Å². The predicted octanol–water partition coefficient (Wildman–Crippen LogP) is 4.33. The highest BCUT2D eigenvalue weighted by Gasteiger charge is 2.23. The fourth-order valence-corrected chi connectivity index (χ4v) is 4.33. The Morgan fingerprint density at radius 2 is 1.90 bits per heavy atom. The average molecular weight is 428 g/mol. The molecule has 1 aliphatic heterocycles. The number of aromatic nitrogens is 1. The van der Waals surface area contributed by atoms with Crippen molar-refractivity contribution in [1.29, 1.82) is 0 Å². The molecule has 29 heavy (non-hydrogen) atoms. The van der Waals surface area contributed by atoms with Gasteiger partial charge in [0.15, 0.2) is 0 Å². The van der Waals surface area contributed by atoms with Crippen molar-refractivity contribution in [2.75, 3.05) is 26.2 Å². The summed E-state index contributed by atoms with van der Waals surface area (Å²) >= 11 is 7.59. The molecule has 0 spiro atoms. The van der Waals surface area contributed by atoms with Crippen LogP contribution in [0.1, 0.15) is 20.9 Å². The van der Waals surface area contributed by atoms with Gasteiger partial charge in [-0.3, -0.25) is 14.7 Å². The highest BCUT2D eigenvalue weighted by atomic mass is 35.5. The van der Waals surface area contributed by atoms with Crippen LogP contribution in [0.2, 0.25) is 5.02 Å². The van der Waals surface area contributed by atoms with E-state index in [4.69, 9.17) is 16.3 Å². The van der Waals surface area contributed by atoms with Crippen LogP contribution in [0, 0.1) is 0 Å². The number of rotatable bonds is 6. The normalized spacial score (nSPS) is 14.7. The molecule has 1 fully saturated rings. The van der Waals surface area contributed by atoms with E-state index in [-0.39, 0.29) is 5.91 Å². The van der Waals surface area contributed by atoms with Crippen molar-refractivity contribution in [2.45, 2.75) is 13.2 Å². The van der Waals surface area contributed by atoms with E-state index in [1.807, 2.05) is 58.9 Å². The van der Waals surface area contributed by atoms with E-state index in [2.05, 4.69) is 9.88 Å². The van der Waals surface area contributed by atoms with Crippen molar-refractivity contribution in [1.82, 2.24) is 14.8 Å². The first-order valence-corrected chi connectivity index (χ1v) is 10.8. The van der Waals surface area contributed by atoms with Crippen LogP contribution in [0.25, 0.3) is 0 Å². The number of hydrogen-bond donors (Lipinski definition) is 0. The maximum absolute atomic E-state index is 12.8. The Balaban J connectivity index is 1.29. The number of carbonyl (C=O) groups excluding carboxylic acids is 1. The van der Waals surface area contributed by atoms with Crippen LogP contribution in [0.3, 0.4) is 0 Å². The Morgan fingerprint density at radius 1 is 1.10 bits per heavy atom. The number of carbonyl (C=O) groups is 1. The van der Waals surface area contributed by atoms with Gasteiger partial charge in [-0.1, -0.05) is 29.8 Å². The second-order valence-corrected chi connectivity index (χ2v) is 8.25. The summed E-state index contributed by atoms with van der Waals surface area (Å²) < 4.78 is 5.77. The van der Waals surface area contributed by atoms with Crippen LogP contribution in [-0.2, 0) is 13.2 Å². The number of pyridine rings is 1. The van der Waals surface area contributed by atoms with Crippen LogP contribution >= 0.6 is 22.9 Å². The van der Waals surface area contributed by atoms with E-state index in [9.17, 15) is 4.79 Å². The number of hydrogen-bond acceptors (Lipinski definition) is 5. The summed E-state index contributed by atoms with van der Waals surface area (Å²) in [5, 5.41) is 2.56. The molecule has 7 heteroatoms. The van der Waals surface area contributed by atoms with Gasteiger partial charge in [-0.25, -0.2) is 0 Å². The lowest BCUT2D eigenvalue weighted by Gasteiger charge is -2.34. The molecule has 0 N–H and O–H groups in total. The molecule has 3 heterocycles. The number of thiophene rings is 1. The van der Waals surface area contributed by atoms with Gasteiger partial charge in [0.1, 0.15) is 12.4 Å². The van der Waals surface area contributed by atoms with Crippen molar-refractivity contribution >= 4 is 28.8 Å². The van der Waals surface area contributed by atoms with Crippen LogP contribution < -0.4 is 4.74 Å². The van der Waals surface area contributed by atoms with Gasteiger partial charge >= 0.3 is 0 Å². The van der Waals surface area contributed by atoms with E-state index >= 15 is 0 Å². The molecule has 0 saturated carbocycles. The number of para-hydroxylation sites is 1. The number of piperazine rings is 1. The standard InChI is InChI=1S/C22H22ClN3O2S/c23-19-6-1-2-7-20(19)28-15-17-13-21(29-16-17)22(27)26-11-9-25(10-12-26)14-18-5-3-4-8-24-18/h1-8,13,16H,9-12,14-15H2. The highest BCUT2D eigenvalue weighted by Crippen LogP contribution is 2.25. The van der Waals surface area contributed by atoms with Crippen molar-refractivity contribution in [2.24, 2.45) is 0 Å². The summed E-state index contributed by atoms with van der Waals surface area (Å²) in [6.07, 6.45) is 1.82. The number of nitrogens with zero attached hydrogens (tertiary/aromatic N) is 3. The van der Waals surface area contributed by atoms with Crippen LogP contribution in [0.4, 0.5) is 0 Å². The second kappa shape index (κ2) is 9.39. The van der Waals surface area contributed by atoms with Gasteiger partial charge in [0, 0.05) is 44.5 Å². The molecule has 1 aromatic carbocycles. The molecule has 1 amide bonds. The summed E-state index contributed by atoms with van der Waals surface area (Å²) in [6, 6.07) is 15.3. The Kier molecular flexibility index (Phi) is 6.44. The fraction of sp³-hybridized carbons (Fsp3) is 0.273. The SMILES string of the molecule is O=C(c1cc(COc2ccccc2Cl)cs1)N1CCN(Cc2ccccn2)CC1. The number of ether oxygens (including phenoxy) is 1. The zero-order valence-corrected chi connectivity index (χ0v) is 17.5. The van der Waals surface area contributed by atoms with E-state index in [1.165, 1.54) is 11.3 Å². The zero-order chi connectivity index (χ0) is 20.1. The maximum Gasteiger partial charge on any atom is 0.264 e. The summed E-state index contributed by atoms with van der Waals surface area (Å²) in [6.45, 7) is 4.40. The lowest BCUT2D eigenvalue weighted by atomic mass is 10.2. The molecule has 0 radical (unpaired) electrons. The van der Waals surface area contributed by atoms with Crippen molar-refractivity contribution in [3.8, 4) is 5.75 Å². The van der Waals surface area contributed by atoms with Crippen LogP contribution in [0.5, 0.6) is 5.75 Å². The van der Waals surface area contributed by atoms with Crippen molar-refractivity contribution in [3.05, 3.63) is 81.3 Å². The first-order chi connectivity index (χ1) is 14.2. The number of benzene rings is 1. The Bertz CT molecular complexity index is 955. The number of amides is 1. The molecule has 0 aliphatic carbocycles. The van der Waals surface area contributed by atoms with Gasteiger partial charge < -0.3 is 9.64 Å². The van der Waals surface area contributed by atoms with Gasteiger partial charge in [-0.2, -0.15) is 0 Å². The quantitative estimate of drug-likeness (QED) is 0.587. The lowest BCUT2D eigenvalue weighted by molar-refractivity contribution is 0.0631. The van der Waals surface area contributed by atoms with Gasteiger partial charge in [-0.15, -0.1) is 11.3 Å². The second-order valence-electron chi connectivity index (χ2n) is 6.93. The molecule has 4 rings (SSSR count). The van der Waals surface area contributed by atoms with Gasteiger partial charge in [0.05, 0.1) is 15.6 Å². The molecule has 0 bridgehead atoms.